The number of carbonyl (C=O) groups is 1. The maximum Gasteiger partial charge on any atom is 0.336 e. The maximum absolute atomic E-state index is 12.1. The van der Waals surface area contributed by atoms with E-state index >= 15 is 0 Å². The molecule has 0 fully saturated rings. The highest BCUT2D eigenvalue weighted by Gasteiger charge is 2.13. The van der Waals surface area contributed by atoms with E-state index in [0.29, 0.717) is 17.9 Å². The molecule has 0 radical (unpaired) electrons. The lowest BCUT2D eigenvalue weighted by Crippen LogP contribution is -2.18. The highest BCUT2D eigenvalue weighted by molar-refractivity contribution is 7.89. The highest BCUT2D eigenvalue weighted by atomic mass is 32.2. The van der Waals surface area contributed by atoms with E-state index in [1.807, 2.05) is 11.8 Å². The first-order chi connectivity index (χ1) is 11.4. The summed E-state index contributed by atoms with van der Waals surface area (Å²) in [6.07, 6.45) is 1.15. The van der Waals surface area contributed by atoms with Crippen LogP contribution in [-0.2, 0) is 10.0 Å². The largest absolute Gasteiger partial charge is 0.494 e. The van der Waals surface area contributed by atoms with Crippen LogP contribution in [0, 0.1) is 0 Å². The quantitative estimate of drug-likeness (QED) is 0.589. The zero-order valence-corrected chi connectivity index (χ0v) is 13.7. The molecule has 0 aliphatic rings. The Kier molecular flexibility index (Phi) is 5.54. The first-order valence-electron chi connectivity index (χ1n) is 7.04. The number of hydrazone groups is 1. The van der Waals surface area contributed by atoms with Gasteiger partial charge in [0.25, 0.3) is 10.0 Å². The molecule has 24 heavy (non-hydrogen) atoms. The normalized spacial score (nSPS) is 11.4. The molecule has 2 N–H and O–H groups in total. The van der Waals surface area contributed by atoms with E-state index in [-0.39, 0.29) is 10.5 Å². The van der Waals surface area contributed by atoms with Crippen molar-refractivity contribution in [2.45, 2.75) is 11.8 Å². The topological polar surface area (TPSA) is 105 Å². The second-order valence-electron chi connectivity index (χ2n) is 4.65. The van der Waals surface area contributed by atoms with Gasteiger partial charge >= 0.3 is 5.97 Å². The van der Waals surface area contributed by atoms with E-state index in [4.69, 9.17) is 9.84 Å². The average Bonchev–Trinajstić information content (AvgIpc) is 2.56. The van der Waals surface area contributed by atoms with Crippen molar-refractivity contribution in [1.29, 1.82) is 0 Å². The Balaban J connectivity index is 2.14. The predicted octanol–water partition coefficient (Wildman–Crippen LogP) is 2.10. The van der Waals surface area contributed by atoms with Crippen LogP contribution in [0.4, 0.5) is 0 Å². The lowest BCUT2D eigenvalue weighted by molar-refractivity contribution is 0.0696. The summed E-state index contributed by atoms with van der Waals surface area (Å²) in [4.78, 5) is 13.1. The summed E-state index contributed by atoms with van der Waals surface area (Å²) in [5.74, 6) is -0.554. The fourth-order valence-electron chi connectivity index (χ4n) is 1.90. The zero-order valence-electron chi connectivity index (χ0n) is 12.8. The monoisotopic (exact) mass is 348 g/mol. The molecule has 2 aromatic carbocycles. The Bertz CT molecular complexity index is 845. The van der Waals surface area contributed by atoms with Crippen molar-refractivity contribution >= 4 is 22.2 Å². The van der Waals surface area contributed by atoms with E-state index < -0.39 is 16.0 Å². The summed E-state index contributed by atoms with van der Waals surface area (Å²) in [6.45, 7) is 2.31. The van der Waals surface area contributed by atoms with E-state index in [9.17, 15) is 13.2 Å². The van der Waals surface area contributed by atoms with Crippen molar-refractivity contribution in [3.63, 3.8) is 0 Å². The van der Waals surface area contributed by atoms with Gasteiger partial charge in [0.15, 0.2) is 0 Å². The second kappa shape index (κ2) is 7.60. The number of aromatic carboxylic acids is 1. The molecule has 0 atom stereocenters. The van der Waals surface area contributed by atoms with Gasteiger partial charge in [-0.2, -0.15) is 13.5 Å². The predicted molar refractivity (Wildman–Crippen MR) is 88.9 cm³/mol. The Morgan fingerprint density at radius 1 is 1.21 bits per heavy atom. The molecular weight excluding hydrogens is 332 g/mol. The van der Waals surface area contributed by atoms with Crippen molar-refractivity contribution in [3.05, 3.63) is 59.7 Å². The van der Waals surface area contributed by atoms with Crippen molar-refractivity contribution in [1.82, 2.24) is 4.83 Å². The molecule has 0 spiro atoms. The summed E-state index contributed by atoms with van der Waals surface area (Å²) in [5.41, 5.74) is 0.320. The number of rotatable bonds is 7. The standard InChI is InChI=1S/C16H16N2O5S/c1-2-23-13-7-9-14(10-8-13)24(21,22)18-17-11-12-5-3-4-6-15(12)16(19)20/h3-11,18H,2H2,1H3,(H,19,20)/b17-11-. The average molecular weight is 348 g/mol. The van der Waals surface area contributed by atoms with Crippen LogP contribution >= 0.6 is 0 Å². The molecule has 8 heteroatoms. The Morgan fingerprint density at radius 2 is 1.88 bits per heavy atom. The van der Waals surface area contributed by atoms with Crippen molar-refractivity contribution in [2.24, 2.45) is 5.10 Å². The van der Waals surface area contributed by atoms with Gasteiger partial charge in [-0.15, -0.1) is 0 Å². The third kappa shape index (κ3) is 4.32. The van der Waals surface area contributed by atoms with Crippen molar-refractivity contribution < 1.29 is 23.1 Å². The second-order valence-corrected chi connectivity index (χ2v) is 6.31. The van der Waals surface area contributed by atoms with Crippen LogP contribution in [0.3, 0.4) is 0 Å². The minimum Gasteiger partial charge on any atom is -0.494 e. The van der Waals surface area contributed by atoms with E-state index in [1.165, 1.54) is 24.3 Å². The summed E-state index contributed by atoms with van der Waals surface area (Å²) < 4.78 is 29.5. The number of hydrogen-bond donors (Lipinski definition) is 2. The van der Waals surface area contributed by atoms with E-state index in [1.54, 1.807) is 24.3 Å². The van der Waals surface area contributed by atoms with Crippen LogP contribution in [0.2, 0.25) is 0 Å². The fraction of sp³-hybridized carbons (Fsp3) is 0.125. The molecule has 0 saturated heterocycles. The first kappa shape index (κ1) is 17.5. The van der Waals surface area contributed by atoms with E-state index in [0.717, 1.165) is 6.21 Å². The first-order valence-corrected chi connectivity index (χ1v) is 8.52. The van der Waals surface area contributed by atoms with Crippen LogP contribution in [0.25, 0.3) is 0 Å². The van der Waals surface area contributed by atoms with Gasteiger partial charge in [0.2, 0.25) is 0 Å². The number of carboxylic acid groups (broad SMARTS) is 1. The molecule has 0 saturated carbocycles. The van der Waals surface area contributed by atoms with Crippen molar-refractivity contribution in [2.75, 3.05) is 6.61 Å². The number of benzene rings is 2. The van der Waals surface area contributed by atoms with Gasteiger partial charge in [0, 0.05) is 5.56 Å². The highest BCUT2D eigenvalue weighted by Crippen LogP contribution is 2.15. The molecule has 2 aromatic rings. The molecule has 0 aliphatic carbocycles. The van der Waals surface area contributed by atoms with Crippen LogP contribution in [0.1, 0.15) is 22.8 Å². The van der Waals surface area contributed by atoms with Gasteiger partial charge in [-0.1, -0.05) is 18.2 Å². The van der Waals surface area contributed by atoms with Crippen molar-refractivity contribution in [3.8, 4) is 5.75 Å². The number of nitrogens with zero attached hydrogens (tertiary/aromatic N) is 1. The number of ether oxygens (including phenoxy) is 1. The number of hydrogen-bond acceptors (Lipinski definition) is 5. The fourth-order valence-corrected chi connectivity index (χ4v) is 2.70. The van der Waals surface area contributed by atoms with Gasteiger partial charge in [-0.3, -0.25) is 0 Å². The molecule has 0 aromatic heterocycles. The van der Waals surface area contributed by atoms with E-state index in [2.05, 4.69) is 5.10 Å². The van der Waals surface area contributed by atoms with Crippen LogP contribution in [0.5, 0.6) is 5.75 Å². The Hall–Kier alpha value is -2.87. The van der Waals surface area contributed by atoms with Crippen LogP contribution in [-0.4, -0.2) is 32.3 Å². The zero-order chi connectivity index (χ0) is 17.6. The minimum atomic E-state index is -3.85. The van der Waals surface area contributed by atoms with Crippen LogP contribution in [0.15, 0.2) is 58.5 Å². The Labute approximate surface area is 139 Å². The SMILES string of the molecule is CCOc1ccc(S(=O)(=O)N/N=C\c2ccccc2C(=O)O)cc1. The van der Waals surface area contributed by atoms with Gasteiger partial charge in [-0.25, -0.2) is 9.63 Å². The molecular formula is C16H16N2O5S. The molecule has 0 unspecified atom stereocenters. The van der Waals surface area contributed by atoms with Gasteiger partial charge < -0.3 is 9.84 Å². The molecule has 0 amide bonds. The maximum atomic E-state index is 12.1. The molecule has 126 valence electrons. The smallest absolute Gasteiger partial charge is 0.336 e. The molecule has 0 bridgehead atoms. The van der Waals surface area contributed by atoms with Crippen LogP contribution < -0.4 is 9.57 Å². The lowest BCUT2D eigenvalue weighted by atomic mass is 10.1. The molecule has 0 heterocycles. The number of nitrogens with one attached hydrogen (secondary N) is 1. The van der Waals surface area contributed by atoms with Gasteiger partial charge in [-0.05, 0) is 37.3 Å². The Morgan fingerprint density at radius 3 is 2.50 bits per heavy atom. The molecule has 0 aliphatic heterocycles. The third-order valence-electron chi connectivity index (χ3n) is 3.01. The van der Waals surface area contributed by atoms with Gasteiger partial charge in [0.1, 0.15) is 5.75 Å². The number of carboxylic acids is 1. The minimum absolute atomic E-state index is 0.0228. The summed E-state index contributed by atoms with van der Waals surface area (Å²) in [6, 6.07) is 12.0. The van der Waals surface area contributed by atoms with Gasteiger partial charge in [0.05, 0.1) is 23.3 Å². The third-order valence-corrected chi connectivity index (χ3v) is 4.25. The summed E-state index contributed by atoms with van der Waals surface area (Å²) in [7, 11) is -3.85. The number of sulfonamides is 1. The summed E-state index contributed by atoms with van der Waals surface area (Å²) in [5, 5.41) is 12.7. The molecule has 7 nitrogen and oxygen atoms in total. The lowest BCUT2D eigenvalue weighted by Gasteiger charge is -2.06. The summed E-state index contributed by atoms with van der Waals surface area (Å²) >= 11 is 0. The molecule has 2 rings (SSSR count).